The number of hydrogen-bond acceptors (Lipinski definition) is 7. The van der Waals surface area contributed by atoms with Gasteiger partial charge in [-0.15, -0.1) is 11.3 Å². The Balaban J connectivity index is 1.37. The number of aromatic nitrogens is 4. The summed E-state index contributed by atoms with van der Waals surface area (Å²) >= 11 is 1.40. The van der Waals surface area contributed by atoms with Gasteiger partial charge in [-0.25, -0.2) is 18.8 Å². The second-order valence-electron chi connectivity index (χ2n) is 10.9. The maximum Gasteiger partial charge on any atom is 0.302 e. The fraction of sp³-hybridized carbons (Fsp3) is 0.312. The van der Waals surface area contributed by atoms with Gasteiger partial charge >= 0.3 is 5.56 Å². The molecular weight excluding hydrogens is 569 g/mol. The average Bonchev–Trinajstić information content (AvgIpc) is 3.65. The van der Waals surface area contributed by atoms with Crippen LogP contribution in [0.25, 0.3) is 16.5 Å². The molecule has 1 aliphatic rings. The number of nitrogens with zero attached hydrogens (tertiary/aromatic N) is 5. The maximum absolute atomic E-state index is 13.8. The van der Waals surface area contributed by atoms with Crippen LogP contribution >= 0.6 is 11.3 Å². The lowest BCUT2D eigenvalue weighted by molar-refractivity contribution is -0.143. The molecule has 3 atom stereocenters. The molecule has 6 rings (SSSR count). The molecule has 0 aliphatic carbocycles. The molecule has 11 heteroatoms. The van der Waals surface area contributed by atoms with Gasteiger partial charge in [-0.1, -0.05) is 49.4 Å². The standard InChI is InChI=1S/C32H32FN5O4S/c1-20-16-37(17-21(2)42-20)27(39)18-36-13-14-38-31(40)29(41-19-23-7-5-4-6-8-23)28(35-32(36)38)30-34-15-26(43-30)22(3)24-9-11-25(33)12-10-24/h4-15,20-22H,16-19H2,1-3H3/t20-,21?,22?/m0/s1. The van der Waals surface area contributed by atoms with Crippen LogP contribution in [0.2, 0.25) is 0 Å². The highest BCUT2D eigenvalue weighted by Crippen LogP contribution is 2.35. The third-order valence-corrected chi connectivity index (χ3v) is 8.72. The maximum atomic E-state index is 13.8. The zero-order chi connectivity index (χ0) is 30.1. The Morgan fingerprint density at radius 1 is 1.09 bits per heavy atom. The molecule has 222 valence electrons. The second-order valence-corrected chi connectivity index (χ2v) is 11.9. The highest BCUT2D eigenvalue weighted by molar-refractivity contribution is 7.15. The van der Waals surface area contributed by atoms with Crippen molar-refractivity contribution in [2.75, 3.05) is 13.1 Å². The van der Waals surface area contributed by atoms with Crippen LogP contribution in [0.4, 0.5) is 4.39 Å². The van der Waals surface area contributed by atoms with E-state index >= 15 is 0 Å². The topological polar surface area (TPSA) is 91.0 Å². The summed E-state index contributed by atoms with van der Waals surface area (Å²) in [5.74, 6) is -0.0249. The molecule has 3 aromatic heterocycles. The Kier molecular flexibility index (Phi) is 8.09. The zero-order valence-corrected chi connectivity index (χ0v) is 25.0. The smallest absolute Gasteiger partial charge is 0.302 e. The zero-order valence-electron chi connectivity index (χ0n) is 24.1. The number of halogens is 1. The van der Waals surface area contributed by atoms with E-state index in [-0.39, 0.29) is 54.3 Å². The number of benzene rings is 2. The third-order valence-electron chi connectivity index (χ3n) is 7.53. The van der Waals surface area contributed by atoms with Crippen molar-refractivity contribution in [2.24, 2.45) is 0 Å². The quantitative estimate of drug-likeness (QED) is 0.245. The number of carbonyl (C=O) groups excluding carboxylic acids is 1. The first-order chi connectivity index (χ1) is 20.8. The molecule has 1 amide bonds. The molecule has 2 aromatic carbocycles. The van der Waals surface area contributed by atoms with Crippen LogP contribution < -0.4 is 10.3 Å². The lowest BCUT2D eigenvalue weighted by atomic mass is 10.0. The predicted octanol–water partition coefficient (Wildman–Crippen LogP) is 5.13. The van der Waals surface area contributed by atoms with E-state index in [1.54, 1.807) is 40.2 Å². The molecule has 9 nitrogen and oxygen atoms in total. The van der Waals surface area contributed by atoms with E-state index in [0.29, 0.717) is 29.6 Å². The van der Waals surface area contributed by atoms with Gasteiger partial charge < -0.3 is 18.9 Å². The molecule has 1 fully saturated rings. The van der Waals surface area contributed by atoms with Gasteiger partial charge in [-0.2, -0.15) is 0 Å². The lowest BCUT2D eigenvalue weighted by Crippen LogP contribution is -2.49. The monoisotopic (exact) mass is 601 g/mol. The second kappa shape index (κ2) is 12.1. The normalized spacial score (nSPS) is 17.7. The number of thiazole rings is 1. The van der Waals surface area contributed by atoms with Crippen molar-refractivity contribution >= 4 is 23.0 Å². The predicted molar refractivity (Wildman–Crippen MR) is 162 cm³/mol. The van der Waals surface area contributed by atoms with Gasteiger partial charge in [0, 0.05) is 42.5 Å². The van der Waals surface area contributed by atoms with Crippen molar-refractivity contribution in [1.82, 2.24) is 23.8 Å². The highest BCUT2D eigenvalue weighted by Gasteiger charge is 2.27. The summed E-state index contributed by atoms with van der Waals surface area (Å²) in [5.41, 5.74) is 1.77. The first kappa shape index (κ1) is 28.8. The lowest BCUT2D eigenvalue weighted by Gasteiger charge is -2.35. The third kappa shape index (κ3) is 6.09. The Hall–Kier alpha value is -4.35. The van der Waals surface area contributed by atoms with Crippen molar-refractivity contribution in [3.8, 4) is 16.5 Å². The molecule has 43 heavy (non-hydrogen) atoms. The number of rotatable bonds is 8. The number of amides is 1. The minimum absolute atomic E-state index is 0.0246. The van der Waals surface area contributed by atoms with Crippen LogP contribution in [-0.2, 0) is 22.7 Å². The van der Waals surface area contributed by atoms with Crippen LogP contribution in [0.1, 0.15) is 42.7 Å². The van der Waals surface area contributed by atoms with E-state index in [2.05, 4.69) is 4.98 Å². The van der Waals surface area contributed by atoms with Crippen LogP contribution in [0, 0.1) is 5.82 Å². The molecule has 1 aliphatic heterocycles. The molecule has 4 heterocycles. The Labute approximate surface area is 252 Å². The summed E-state index contributed by atoms with van der Waals surface area (Å²) in [6.07, 6.45) is 4.93. The number of morpholine rings is 1. The van der Waals surface area contributed by atoms with Crippen LogP contribution in [0.5, 0.6) is 5.75 Å². The van der Waals surface area contributed by atoms with E-state index < -0.39 is 0 Å². The summed E-state index contributed by atoms with van der Waals surface area (Å²) in [4.78, 5) is 39.3. The van der Waals surface area contributed by atoms with E-state index in [9.17, 15) is 14.0 Å². The fourth-order valence-corrected chi connectivity index (χ4v) is 6.31. The van der Waals surface area contributed by atoms with Crippen molar-refractivity contribution in [1.29, 1.82) is 0 Å². The fourth-order valence-electron chi connectivity index (χ4n) is 5.32. The summed E-state index contributed by atoms with van der Waals surface area (Å²) in [7, 11) is 0. The van der Waals surface area contributed by atoms with Crippen molar-refractivity contribution in [3.05, 3.63) is 105 Å². The van der Waals surface area contributed by atoms with Gasteiger partial charge in [0.15, 0.2) is 5.69 Å². The summed E-state index contributed by atoms with van der Waals surface area (Å²) in [6.45, 7) is 7.13. The summed E-state index contributed by atoms with van der Waals surface area (Å²) < 4.78 is 28.5. The summed E-state index contributed by atoms with van der Waals surface area (Å²) in [5, 5.41) is 0.515. The number of fused-ring (bicyclic) bond motifs is 1. The molecule has 1 saturated heterocycles. The number of hydrogen-bond donors (Lipinski definition) is 0. The van der Waals surface area contributed by atoms with Gasteiger partial charge in [0.1, 0.15) is 24.0 Å². The minimum Gasteiger partial charge on any atom is -0.481 e. The number of imidazole rings is 1. The molecule has 2 unspecified atom stereocenters. The highest BCUT2D eigenvalue weighted by atomic mass is 32.1. The number of carbonyl (C=O) groups is 1. The van der Waals surface area contributed by atoms with E-state index in [1.165, 1.54) is 27.9 Å². The van der Waals surface area contributed by atoms with Crippen molar-refractivity contribution in [3.63, 3.8) is 0 Å². The molecule has 0 spiro atoms. The van der Waals surface area contributed by atoms with Crippen molar-refractivity contribution in [2.45, 2.75) is 52.0 Å². The Morgan fingerprint density at radius 3 is 2.53 bits per heavy atom. The number of ether oxygens (including phenoxy) is 2. The van der Waals surface area contributed by atoms with Gasteiger partial charge in [0.25, 0.3) is 0 Å². The van der Waals surface area contributed by atoms with Crippen molar-refractivity contribution < 1.29 is 18.7 Å². The van der Waals surface area contributed by atoms with E-state index in [4.69, 9.17) is 14.5 Å². The van der Waals surface area contributed by atoms with E-state index in [1.807, 2.05) is 51.1 Å². The average molecular weight is 602 g/mol. The first-order valence-corrected chi connectivity index (χ1v) is 15.0. The molecule has 5 aromatic rings. The molecule has 0 bridgehead atoms. The van der Waals surface area contributed by atoms with Crippen LogP contribution in [0.15, 0.2) is 78.0 Å². The van der Waals surface area contributed by atoms with Crippen LogP contribution in [-0.4, -0.2) is 55.0 Å². The largest absolute Gasteiger partial charge is 0.481 e. The van der Waals surface area contributed by atoms with Gasteiger partial charge in [-0.05, 0) is 37.1 Å². The minimum atomic E-state index is -0.390. The molecule has 0 radical (unpaired) electrons. The SMILES string of the molecule is CC1CN(C(=O)Cn2ccn3c(=O)c(OCc4ccccc4)c(-c4ncc(C(C)c5ccc(F)cc5)s4)nc23)C[C@H](C)O1. The van der Waals surface area contributed by atoms with Gasteiger partial charge in [0.2, 0.25) is 17.4 Å². The molecule has 0 saturated carbocycles. The van der Waals surface area contributed by atoms with Crippen LogP contribution in [0.3, 0.4) is 0 Å². The Bertz CT molecular complexity index is 1790. The molecule has 0 N–H and O–H groups in total. The van der Waals surface area contributed by atoms with Gasteiger partial charge in [0.05, 0.1) is 12.2 Å². The van der Waals surface area contributed by atoms with E-state index in [0.717, 1.165) is 16.0 Å². The first-order valence-electron chi connectivity index (χ1n) is 14.2. The Morgan fingerprint density at radius 2 is 1.81 bits per heavy atom. The summed E-state index contributed by atoms with van der Waals surface area (Å²) in [6, 6.07) is 16.0. The van der Waals surface area contributed by atoms with Gasteiger partial charge in [-0.3, -0.25) is 9.59 Å². The molecular formula is C32H32FN5O4S.